The van der Waals surface area contributed by atoms with Gasteiger partial charge in [-0.05, 0) is 26.8 Å². The fraction of sp³-hybridized carbons (Fsp3) is 1.00. The first-order valence-corrected chi connectivity index (χ1v) is 9.67. The maximum absolute atomic E-state index is 6.14. The van der Waals surface area contributed by atoms with Gasteiger partial charge in [-0.2, -0.15) is 0 Å². The Balaban J connectivity index is 3.18. The van der Waals surface area contributed by atoms with Gasteiger partial charge in [0.2, 0.25) is 0 Å². The maximum atomic E-state index is 6.14. The zero-order valence-corrected chi connectivity index (χ0v) is 14.4. The van der Waals surface area contributed by atoms with Crippen LogP contribution < -0.4 is 0 Å². The summed E-state index contributed by atoms with van der Waals surface area (Å²) in [5.74, 6) is 0. The van der Waals surface area contributed by atoms with Gasteiger partial charge in [-0.3, -0.25) is 0 Å². The van der Waals surface area contributed by atoms with Crippen molar-refractivity contribution in [1.29, 1.82) is 0 Å². The summed E-state index contributed by atoms with van der Waals surface area (Å²) in [6, 6.07) is 0. The van der Waals surface area contributed by atoms with Crippen LogP contribution in [0.5, 0.6) is 0 Å². The van der Waals surface area contributed by atoms with Gasteiger partial charge in [0.15, 0.2) is 0 Å². The predicted molar refractivity (Wildman–Crippen MR) is 78.4 cm³/mol. The van der Waals surface area contributed by atoms with Crippen LogP contribution in [0.25, 0.3) is 0 Å². The van der Waals surface area contributed by atoms with Crippen molar-refractivity contribution in [3.63, 3.8) is 0 Å². The lowest BCUT2D eigenvalue weighted by molar-refractivity contribution is -0.207. The molecule has 0 N–H and O–H groups in total. The second-order valence-electron chi connectivity index (χ2n) is 5.65. The Kier molecular flexibility index (Phi) is 6.01. The van der Waals surface area contributed by atoms with Crippen LogP contribution in [0.3, 0.4) is 0 Å². The molecule has 0 aromatic heterocycles. The van der Waals surface area contributed by atoms with Gasteiger partial charge in [0.25, 0.3) is 0 Å². The van der Waals surface area contributed by atoms with E-state index in [2.05, 4.69) is 20.4 Å². The minimum absolute atomic E-state index is 0.0108. The summed E-state index contributed by atoms with van der Waals surface area (Å²) in [4.78, 5) is 0. The molecule has 5 heteroatoms. The van der Waals surface area contributed by atoms with Gasteiger partial charge in [0, 0.05) is 25.7 Å². The summed E-state index contributed by atoms with van der Waals surface area (Å²) in [6.07, 6.45) is 2.00. The molecule has 4 nitrogen and oxygen atoms in total. The van der Waals surface area contributed by atoms with Crippen LogP contribution in [-0.4, -0.2) is 47.3 Å². The van der Waals surface area contributed by atoms with E-state index in [4.69, 9.17) is 18.3 Å². The van der Waals surface area contributed by atoms with Crippen LogP contribution in [0.4, 0.5) is 0 Å². The third-order valence-electron chi connectivity index (χ3n) is 4.34. The molecule has 1 rings (SSSR count). The van der Waals surface area contributed by atoms with Crippen molar-refractivity contribution in [3.8, 4) is 0 Å². The largest absolute Gasteiger partial charge is 0.393 e. The minimum Gasteiger partial charge on any atom is -0.393 e. The summed E-state index contributed by atoms with van der Waals surface area (Å²) in [6.45, 7) is 13.4. The van der Waals surface area contributed by atoms with Crippen molar-refractivity contribution in [2.45, 2.75) is 52.3 Å². The normalized spacial score (nSPS) is 21.8. The van der Waals surface area contributed by atoms with Gasteiger partial charge in [0.05, 0.1) is 13.2 Å². The highest BCUT2D eigenvalue weighted by molar-refractivity contribution is 6.69. The number of ether oxygens (including phenoxy) is 2. The minimum atomic E-state index is -2.46. The Morgan fingerprint density at radius 2 is 1.68 bits per heavy atom. The Morgan fingerprint density at radius 1 is 1.16 bits per heavy atom. The maximum Gasteiger partial charge on any atom is 0.368 e. The molecule has 19 heavy (non-hydrogen) atoms. The fourth-order valence-electron chi connectivity index (χ4n) is 3.43. The van der Waals surface area contributed by atoms with Crippen molar-refractivity contribution in [3.05, 3.63) is 0 Å². The molecule has 0 aromatic carbocycles. The Bertz CT molecular complexity index is 275. The SMILES string of the molecule is CCCC(OC)(C1(C)COC1)[Si](C)(OCC)OCC. The first kappa shape index (κ1) is 17.1. The van der Waals surface area contributed by atoms with E-state index < -0.39 is 8.56 Å². The van der Waals surface area contributed by atoms with Crippen molar-refractivity contribution in [2.75, 3.05) is 33.5 Å². The van der Waals surface area contributed by atoms with E-state index in [0.717, 1.165) is 26.1 Å². The molecule has 1 aliphatic heterocycles. The van der Waals surface area contributed by atoms with Gasteiger partial charge in [0.1, 0.15) is 5.22 Å². The van der Waals surface area contributed by atoms with E-state index in [1.807, 2.05) is 13.8 Å². The van der Waals surface area contributed by atoms with Crippen molar-refractivity contribution >= 4 is 8.56 Å². The average Bonchev–Trinajstić information content (AvgIpc) is 2.33. The third kappa shape index (κ3) is 2.76. The quantitative estimate of drug-likeness (QED) is 0.612. The summed E-state index contributed by atoms with van der Waals surface area (Å²) >= 11 is 0. The molecule has 0 amide bonds. The van der Waals surface area contributed by atoms with Crippen LogP contribution in [0.15, 0.2) is 0 Å². The van der Waals surface area contributed by atoms with Gasteiger partial charge in [-0.25, -0.2) is 0 Å². The summed E-state index contributed by atoms with van der Waals surface area (Å²) in [5, 5.41) is -0.348. The molecule has 1 unspecified atom stereocenters. The van der Waals surface area contributed by atoms with Crippen LogP contribution in [0.1, 0.15) is 40.5 Å². The Labute approximate surface area is 119 Å². The number of rotatable bonds is 9. The molecule has 0 aliphatic carbocycles. The van der Waals surface area contributed by atoms with Crippen molar-refractivity contribution in [1.82, 2.24) is 0 Å². The number of hydrogen-bond donors (Lipinski definition) is 0. The molecule has 1 atom stereocenters. The van der Waals surface area contributed by atoms with E-state index in [0.29, 0.717) is 13.2 Å². The molecule has 0 radical (unpaired) electrons. The molecule has 0 spiro atoms. The van der Waals surface area contributed by atoms with Crippen molar-refractivity contribution in [2.24, 2.45) is 5.41 Å². The Morgan fingerprint density at radius 3 is 1.95 bits per heavy atom. The number of methoxy groups -OCH3 is 1. The lowest BCUT2D eigenvalue weighted by atomic mass is 9.79. The van der Waals surface area contributed by atoms with Gasteiger partial charge in [-0.15, -0.1) is 0 Å². The van der Waals surface area contributed by atoms with E-state index >= 15 is 0 Å². The predicted octanol–water partition coefficient (Wildman–Crippen LogP) is 2.89. The summed E-state index contributed by atoms with van der Waals surface area (Å²) < 4.78 is 23.8. The van der Waals surface area contributed by atoms with E-state index in [9.17, 15) is 0 Å². The molecule has 1 aliphatic rings. The number of hydrogen-bond acceptors (Lipinski definition) is 4. The smallest absolute Gasteiger partial charge is 0.368 e. The van der Waals surface area contributed by atoms with Crippen LogP contribution in [0.2, 0.25) is 6.55 Å². The van der Waals surface area contributed by atoms with Crippen LogP contribution >= 0.6 is 0 Å². The first-order valence-electron chi connectivity index (χ1n) is 7.36. The topological polar surface area (TPSA) is 36.9 Å². The highest BCUT2D eigenvalue weighted by Crippen LogP contribution is 2.49. The molecular formula is C14H30O4Si. The van der Waals surface area contributed by atoms with Gasteiger partial charge < -0.3 is 18.3 Å². The molecule has 0 aromatic rings. The van der Waals surface area contributed by atoms with Gasteiger partial charge >= 0.3 is 8.56 Å². The van der Waals surface area contributed by atoms with E-state index in [1.165, 1.54) is 0 Å². The average molecular weight is 290 g/mol. The molecular weight excluding hydrogens is 260 g/mol. The molecule has 0 saturated carbocycles. The molecule has 1 saturated heterocycles. The van der Waals surface area contributed by atoms with Gasteiger partial charge in [-0.1, -0.05) is 20.3 Å². The van der Waals surface area contributed by atoms with E-state index in [1.54, 1.807) is 7.11 Å². The second kappa shape index (κ2) is 6.67. The molecule has 114 valence electrons. The lowest BCUT2D eigenvalue weighted by Gasteiger charge is -2.57. The van der Waals surface area contributed by atoms with Crippen molar-refractivity contribution < 1.29 is 18.3 Å². The standard InChI is InChI=1S/C14H30O4Si/c1-7-10-14(15-5,13(4)11-16-12-13)19(6,17-8-2)18-9-3/h7-12H2,1-6H3. The molecule has 0 bridgehead atoms. The highest BCUT2D eigenvalue weighted by Gasteiger charge is 2.66. The molecule has 1 fully saturated rings. The zero-order chi connectivity index (χ0) is 14.6. The summed E-state index contributed by atoms with van der Waals surface area (Å²) in [5.41, 5.74) is -0.0108. The zero-order valence-electron chi connectivity index (χ0n) is 13.4. The third-order valence-corrected chi connectivity index (χ3v) is 8.54. The monoisotopic (exact) mass is 290 g/mol. The van der Waals surface area contributed by atoms with E-state index in [-0.39, 0.29) is 10.6 Å². The fourth-order valence-corrected chi connectivity index (χ4v) is 7.40. The first-order chi connectivity index (χ1) is 8.95. The van der Waals surface area contributed by atoms with Crippen LogP contribution in [0, 0.1) is 5.41 Å². The second-order valence-corrected chi connectivity index (χ2v) is 8.92. The summed E-state index contributed by atoms with van der Waals surface area (Å²) in [7, 11) is -0.663. The molecule has 1 heterocycles. The lowest BCUT2D eigenvalue weighted by Crippen LogP contribution is -2.73. The van der Waals surface area contributed by atoms with Crippen LogP contribution in [-0.2, 0) is 18.3 Å². The highest BCUT2D eigenvalue weighted by atomic mass is 28.4. The Hall–Kier alpha value is 0.0569.